The summed E-state index contributed by atoms with van der Waals surface area (Å²) in [6.45, 7) is 7.14. The monoisotopic (exact) mass is 579 g/mol. The predicted octanol–water partition coefficient (Wildman–Crippen LogP) is 4.30. The Morgan fingerprint density at radius 2 is 1.88 bits per heavy atom. The van der Waals surface area contributed by atoms with Gasteiger partial charge in [0, 0.05) is 17.5 Å². The number of amidine groups is 1. The summed E-state index contributed by atoms with van der Waals surface area (Å²) in [5.74, 6) is 1.53. The molecule has 0 saturated carbocycles. The van der Waals surface area contributed by atoms with Gasteiger partial charge in [-0.1, -0.05) is 54.9 Å². The number of piperidine rings is 1. The number of aromatic nitrogens is 1. The fourth-order valence-corrected chi connectivity index (χ4v) is 6.80. The van der Waals surface area contributed by atoms with E-state index in [0.29, 0.717) is 47.4 Å². The maximum Gasteiger partial charge on any atom is 0.263 e. The number of amides is 1. The number of benzene rings is 2. The zero-order chi connectivity index (χ0) is 29.2. The molecule has 3 heterocycles. The number of aryl methyl sites for hydroxylation is 1. The number of carbonyl (C=O) groups is 1. The van der Waals surface area contributed by atoms with Gasteiger partial charge in [0.05, 0.1) is 18.0 Å². The van der Waals surface area contributed by atoms with Crippen LogP contribution in [0.25, 0.3) is 11.1 Å². The topological polar surface area (TPSA) is 137 Å². The van der Waals surface area contributed by atoms with E-state index in [4.69, 9.17) is 9.52 Å². The van der Waals surface area contributed by atoms with Crippen LogP contribution in [0.15, 0.2) is 56.9 Å². The molecule has 2 aliphatic heterocycles. The van der Waals surface area contributed by atoms with E-state index in [1.807, 2.05) is 23.1 Å². The molecule has 1 aromatic heterocycles. The van der Waals surface area contributed by atoms with Crippen molar-refractivity contribution in [1.29, 1.82) is 0 Å². The maximum absolute atomic E-state index is 13.7. The molecule has 2 aliphatic rings. The number of sulfonamides is 1. The highest BCUT2D eigenvalue weighted by molar-refractivity contribution is 7.92. The normalized spacial score (nSPS) is 16.8. The van der Waals surface area contributed by atoms with Gasteiger partial charge in [-0.2, -0.15) is 0 Å². The predicted molar refractivity (Wildman–Crippen MR) is 157 cm³/mol. The highest BCUT2D eigenvalue weighted by atomic mass is 32.2. The van der Waals surface area contributed by atoms with Crippen LogP contribution in [0.2, 0.25) is 0 Å². The van der Waals surface area contributed by atoms with Crippen LogP contribution < -0.4 is 10.0 Å². The Morgan fingerprint density at radius 1 is 1.12 bits per heavy atom. The number of unbranched alkanes of at least 4 members (excludes halogenated alkanes) is 1. The van der Waals surface area contributed by atoms with Crippen molar-refractivity contribution >= 4 is 27.6 Å². The largest absolute Gasteiger partial charge is 0.392 e. The Balaban J connectivity index is 1.45. The lowest BCUT2D eigenvalue weighted by atomic mass is 9.88. The summed E-state index contributed by atoms with van der Waals surface area (Å²) in [6.07, 6.45) is 4.07. The summed E-state index contributed by atoms with van der Waals surface area (Å²) in [6, 6.07) is 12.2. The Kier molecular flexibility index (Phi) is 8.30. The molecule has 0 atom stereocenters. The van der Waals surface area contributed by atoms with Crippen LogP contribution >= 0.6 is 0 Å². The number of aliphatic imine (C=N–C) groups is 1. The molecule has 10 nitrogen and oxygen atoms in total. The van der Waals surface area contributed by atoms with Gasteiger partial charge in [0.1, 0.15) is 17.1 Å². The van der Waals surface area contributed by atoms with Gasteiger partial charge in [-0.15, -0.1) is 0 Å². The van der Waals surface area contributed by atoms with Crippen molar-refractivity contribution in [1.82, 2.24) is 15.4 Å². The number of nitrogens with zero attached hydrogens (tertiary/aromatic N) is 3. The molecule has 1 amide bonds. The van der Waals surface area contributed by atoms with Gasteiger partial charge in [0.15, 0.2) is 5.82 Å². The minimum absolute atomic E-state index is 0.0422. The summed E-state index contributed by atoms with van der Waals surface area (Å²) in [7, 11) is -4.02. The number of nitrogens with one attached hydrogen (secondary N) is 2. The molecule has 218 valence electrons. The first-order valence-corrected chi connectivity index (χ1v) is 15.6. The summed E-state index contributed by atoms with van der Waals surface area (Å²) in [5.41, 5.74) is 2.37. The molecule has 0 unspecified atom stereocenters. The average molecular weight is 580 g/mol. The van der Waals surface area contributed by atoms with Gasteiger partial charge < -0.3 is 14.9 Å². The number of hydrogen-bond donors (Lipinski definition) is 3. The van der Waals surface area contributed by atoms with Gasteiger partial charge in [-0.3, -0.25) is 19.4 Å². The van der Waals surface area contributed by atoms with Crippen LogP contribution in [-0.4, -0.2) is 54.0 Å². The first-order valence-electron chi connectivity index (χ1n) is 14.1. The lowest BCUT2D eigenvalue weighted by molar-refractivity contribution is -0.132. The molecular formula is C30H37N5O5S. The van der Waals surface area contributed by atoms with E-state index in [1.54, 1.807) is 32.0 Å². The number of carbonyl (C=O) groups excluding carboxylic acids is 1. The Labute approximate surface area is 240 Å². The first kappa shape index (κ1) is 29.0. The van der Waals surface area contributed by atoms with Crippen molar-refractivity contribution in [2.24, 2.45) is 4.99 Å². The third-order valence-corrected chi connectivity index (χ3v) is 9.42. The Hall–Kier alpha value is -3.54. The quantitative estimate of drug-likeness (QED) is 0.326. The molecule has 3 aromatic rings. The fourth-order valence-electron chi connectivity index (χ4n) is 5.52. The lowest BCUT2D eigenvalue weighted by Crippen LogP contribution is -2.48. The number of hydrogen-bond acceptors (Lipinski definition) is 8. The van der Waals surface area contributed by atoms with E-state index in [9.17, 15) is 18.3 Å². The summed E-state index contributed by atoms with van der Waals surface area (Å²) in [5, 5.41) is 17.5. The Bertz CT molecular complexity index is 1570. The maximum atomic E-state index is 13.7. The number of anilines is 1. The Morgan fingerprint density at radius 3 is 2.56 bits per heavy atom. The van der Waals surface area contributed by atoms with Gasteiger partial charge in [0.2, 0.25) is 0 Å². The summed E-state index contributed by atoms with van der Waals surface area (Å²) >= 11 is 0. The summed E-state index contributed by atoms with van der Waals surface area (Å²) in [4.78, 5) is 20.5. The number of aliphatic hydroxyl groups is 1. The van der Waals surface area contributed by atoms with Gasteiger partial charge in [-0.25, -0.2) is 8.42 Å². The molecule has 0 radical (unpaired) electrons. The second-order valence-electron chi connectivity index (χ2n) is 10.8. The molecule has 3 N–H and O–H groups in total. The van der Waals surface area contributed by atoms with E-state index in [1.165, 1.54) is 6.07 Å². The van der Waals surface area contributed by atoms with Gasteiger partial charge in [0.25, 0.3) is 15.9 Å². The molecule has 0 aliphatic carbocycles. The standard InChI is InChI=1S/C30H37N5O5S/c1-4-5-10-27-32-30(13-15-31-16-14-30)29(37)35(27)18-22-11-12-24(23(17-22)19-36)25-8-6-7-9-26(25)41(38,39)34-28-20(2)21(3)40-33-28/h6-9,11-12,17,31,36H,4-5,10,13-16,18-19H2,1-3H3,(H,33,34). The van der Waals surface area contributed by atoms with Crippen molar-refractivity contribution in [3.8, 4) is 11.1 Å². The second kappa shape index (κ2) is 11.8. The molecule has 2 aromatic carbocycles. The minimum atomic E-state index is -4.02. The van der Waals surface area contributed by atoms with Crippen LogP contribution in [0.1, 0.15) is 61.5 Å². The van der Waals surface area contributed by atoms with Crippen molar-refractivity contribution in [3.05, 3.63) is 64.9 Å². The smallest absolute Gasteiger partial charge is 0.263 e. The van der Waals surface area contributed by atoms with Crippen molar-refractivity contribution in [3.63, 3.8) is 0 Å². The van der Waals surface area contributed by atoms with E-state index in [-0.39, 0.29) is 23.2 Å². The molecule has 0 bridgehead atoms. The van der Waals surface area contributed by atoms with Gasteiger partial charge >= 0.3 is 0 Å². The third-order valence-electron chi connectivity index (χ3n) is 8.02. The van der Waals surface area contributed by atoms with Crippen molar-refractivity contribution < 1.29 is 22.8 Å². The molecule has 1 spiro atoms. The zero-order valence-corrected chi connectivity index (χ0v) is 24.6. The molecule has 5 rings (SSSR count). The molecule has 1 saturated heterocycles. The van der Waals surface area contributed by atoms with Crippen LogP contribution in [0.5, 0.6) is 0 Å². The molecule has 11 heteroatoms. The minimum Gasteiger partial charge on any atom is -0.392 e. The van der Waals surface area contributed by atoms with Crippen LogP contribution in [0.3, 0.4) is 0 Å². The van der Waals surface area contributed by atoms with E-state index in [0.717, 1.165) is 43.8 Å². The lowest BCUT2D eigenvalue weighted by Gasteiger charge is -2.30. The van der Waals surface area contributed by atoms with E-state index < -0.39 is 15.6 Å². The number of aliphatic hydroxyl groups excluding tert-OH is 1. The zero-order valence-electron chi connectivity index (χ0n) is 23.7. The van der Waals surface area contributed by atoms with Gasteiger partial charge in [-0.05, 0) is 69.0 Å². The van der Waals surface area contributed by atoms with Crippen LogP contribution in [0, 0.1) is 13.8 Å². The third kappa shape index (κ3) is 5.66. The SMILES string of the molecule is CCCCC1=NC2(CCNCC2)C(=O)N1Cc1ccc(-c2ccccc2S(=O)(=O)Nc2noc(C)c2C)c(CO)c1. The first-order chi connectivity index (χ1) is 19.7. The fraction of sp³-hybridized carbons (Fsp3) is 0.433. The molecular weight excluding hydrogens is 542 g/mol. The van der Waals surface area contributed by atoms with Crippen molar-refractivity contribution in [2.45, 2.75) is 76.5 Å². The second-order valence-corrected chi connectivity index (χ2v) is 12.4. The highest BCUT2D eigenvalue weighted by Crippen LogP contribution is 2.36. The van der Waals surface area contributed by atoms with Crippen molar-refractivity contribution in [2.75, 3.05) is 17.8 Å². The number of rotatable bonds is 10. The molecule has 1 fully saturated rings. The van der Waals surface area contributed by atoms with E-state index >= 15 is 0 Å². The van der Waals surface area contributed by atoms with E-state index in [2.05, 4.69) is 22.1 Å². The van der Waals surface area contributed by atoms with Crippen LogP contribution in [0.4, 0.5) is 5.82 Å². The average Bonchev–Trinajstić information content (AvgIpc) is 3.42. The van der Waals surface area contributed by atoms with Crippen LogP contribution in [-0.2, 0) is 28.0 Å². The molecule has 41 heavy (non-hydrogen) atoms. The highest BCUT2D eigenvalue weighted by Gasteiger charge is 2.48. The summed E-state index contributed by atoms with van der Waals surface area (Å²) < 4.78 is 34.5.